The molecule has 1 unspecified atom stereocenters. The van der Waals surface area contributed by atoms with Gasteiger partial charge in [-0.2, -0.15) is 5.10 Å². The highest BCUT2D eigenvalue weighted by Crippen LogP contribution is 2.26. The van der Waals surface area contributed by atoms with Crippen LogP contribution in [0.5, 0.6) is 0 Å². The molecule has 1 heterocycles. The summed E-state index contributed by atoms with van der Waals surface area (Å²) in [7, 11) is 0. The number of aromatic nitrogens is 2. The maximum atomic E-state index is 14.4. The monoisotopic (exact) mass is 275 g/mol. The Bertz CT molecular complexity index is 563. The Hall–Kier alpha value is -1.68. The van der Waals surface area contributed by atoms with E-state index in [0.29, 0.717) is 11.1 Å². The predicted molar refractivity (Wildman–Crippen MR) is 79.2 cm³/mol. The maximum absolute atomic E-state index is 14.4. The third-order valence-electron chi connectivity index (χ3n) is 3.48. The van der Waals surface area contributed by atoms with Gasteiger partial charge in [-0.15, -0.1) is 0 Å². The van der Waals surface area contributed by atoms with E-state index in [1.54, 1.807) is 19.2 Å². The molecule has 0 radical (unpaired) electrons. The highest BCUT2D eigenvalue weighted by Gasteiger charge is 2.21. The number of nitrogens with one attached hydrogen (secondary N) is 1. The Morgan fingerprint density at radius 1 is 1.30 bits per heavy atom. The van der Waals surface area contributed by atoms with Crippen LogP contribution in [0.4, 0.5) is 4.39 Å². The van der Waals surface area contributed by atoms with Crippen molar-refractivity contribution in [3.8, 4) is 0 Å². The van der Waals surface area contributed by atoms with Crippen LogP contribution in [0.1, 0.15) is 43.1 Å². The van der Waals surface area contributed by atoms with Crippen molar-refractivity contribution in [2.75, 3.05) is 6.54 Å². The molecule has 1 atom stereocenters. The van der Waals surface area contributed by atoms with Crippen molar-refractivity contribution >= 4 is 0 Å². The van der Waals surface area contributed by atoms with Crippen molar-refractivity contribution in [3.05, 3.63) is 53.1 Å². The number of rotatable bonds is 6. The first-order valence-electron chi connectivity index (χ1n) is 7.19. The number of aryl methyl sites for hydroxylation is 2. The van der Waals surface area contributed by atoms with Gasteiger partial charge in [0.1, 0.15) is 5.82 Å². The SMILES string of the molecule is CCCNC(c1cccc(C)c1F)c1ccnn1CC. The molecule has 0 aliphatic heterocycles. The van der Waals surface area contributed by atoms with Crippen LogP contribution < -0.4 is 5.32 Å². The Kier molecular flexibility index (Phi) is 4.90. The van der Waals surface area contributed by atoms with Crippen molar-refractivity contribution in [2.45, 2.75) is 39.8 Å². The van der Waals surface area contributed by atoms with E-state index in [4.69, 9.17) is 0 Å². The van der Waals surface area contributed by atoms with Crippen LogP contribution >= 0.6 is 0 Å². The van der Waals surface area contributed by atoms with Gasteiger partial charge in [-0.3, -0.25) is 4.68 Å². The molecule has 0 bridgehead atoms. The predicted octanol–water partition coefficient (Wildman–Crippen LogP) is 3.44. The fraction of sp³-hybridized carbons (Fsp3) is 0.438. The van der Waals surface area contributed by atoms with Gasteiger partial charge in [-0.25, -0.2) is 4.39 Å². The highest BCUT2D eigenvalue weighted by molar-refractivity contribution is 5.32. The van der Waals surface area contributed by atoms with Gasteiger partial charge in [0, 0.05) is 18.3 Å². The summed E-state index contributed by atoms with van der Waals surface area (Å²) < 4.78 is 16.3. The molecule has 0 saturated heterocycles. The first-order valence-corrected chi connectivity index (χ1v) is 7.19. The van der Waals surface area contributed by atoms with Crippen LogP contribution in [0, 0.1) is 12.7 Å². The lowest BCUT2D eigenvalue weighted by atomic mass is 10.0. The zero-order valence-electron chi connectivity index (χ0n) is 12.4. The molecule has 0 aliphatic carbocycles. The van der Waals surface area contributed by atoms with Crippen LogP contribution in [-0.4, -0.2) is 16.3 Å². The summed E-state index contributed by atoms with van der Waals surface area (Å²) in [5, 5.41) is 7.73. The number of halogens is 1. The Morgan fingerprint density at radius 2 is 2.10 bits per heavy atom. The van der Waals surface area contributed by atoms with Crippen molar-refractivity contribution in [1.29, 1.82) is 0 Å². The van der Waals surface area contributed by atoms with Crippen LogP contribution in [0.2, 0.25) is 0 Å². The second-order valence-corrected chi connectivity index (χ2v) is 4.94. The summed E-state index contributed by atoms with van der Waals surface area (Å²) in [4.78, 5) is 0. The molecule has 3 nitrogen and oxygen atoms in total. The zero-order valence-corrected chi connectivity index (χ0v) is 12.4. The molecule has 20 heavy (non-hydrogen) atoms. The molecule has 0 fully saturated rings. The molecular formula is C16H22FN3. The molecule has 4 heteroatoms. The van der Waals surface area contributed by atoms with Gasteiger partial charge in [0.2, 0.25) is 0 Å². The first-order chi connectivity index (χ1) is 9.69. The molecular weight excluding hydrogens is 253 g/mol. The zero-order chi connectivity index (χ0) is 14.5. The minimum atomic E-state index is -0.155. The standard InChI is InChI=1S/C16H22FN3/c1-4-10-18-16(14-9-11-19-20(14)5-2)13-8-6-7-12(3)15(13)17/h6-9,11,16,18H,4-5,10H2,1-3H3. The van der Waals surface area contributed by atoms with E-state index >= 15 is 0 Å². The number of hydrogen-bond donors (Lipinski definition) is 1. The van der Waals surface area contributed by atoms with E-state index in [2.05, 4.69) is 17.3 Å². The van der Waals surface area contributed by atoms with Crippen molar-refractivity contribution in [1.82, 2.24) is 15.1 Å². The van der Waals surface area contributed by atoms with Crippen molar-refractivity contribution < 1.29 is 4.39 Å². The fourth-order valence-corrected chi connectivity index (χ4v) is 2.41. The van der Waals surface area contributed by atoms with Crippen LogP contribution in [0.3, 0.4) is 0 Å². The lowest BCUT2D eigenvalue weighted by molar-refractivity contribution is 0.503. The molecule has 1 aromatic heterocycles. The van der Waals surface area contributed by atoms with E-state index in [1.807, 2.05) is 29.8 Å². The summed E-state index contributed by atoms with van der Waals surface area (Å²) in [6.07, 6.45) is 2.78. The molecule has 0 amide bonds. The fourth-order valence-electron chi connectivity index (χ4n) is 2.41. The minimum Gasteiger partial charge on any atom is -0.305 e. The first kappa shape index (κ1) is 14.7. The number of hydrogen-bond acceptors (Lipinski definition) is 2. The van der Waals surface area contributed by atoms with Gasteiger partial charge in [0.05, 0.1) is 11.7 Å². The van der Waals surface area contributed by atoms with E-state index < -0.39 is 0 Å². The van der Waals surface area contributed by atoms with E-state index in [-0.39, 0.29) is 11.9 Å². The van der Waals surface area contributed by atoms with Crippen molar-refractivity contribution in [2.24, 2.45) is 0 Å². The molecule has 0 saturated carbocycles. The van der Waals surface area contributed by atoms with E-state index in [9.17, 15) is 4.39 Å². The lowest BCUT2D eigenvalue weighted by Gasteiger charge is -2.21. The largest absolute Gasteiger partial charge is 0.305 e. The summed E-state index contributed by atoms with van der Waals surface area (Å²) in [6.45, 7) is 7.56. The third kappa shape index (κ3) is 2.90. The van der Waals surface area contributed by atoms with Gasteiger partial charge < -0.3 is 5.32 Å². The summed E-state index contributed by atoms with van der Waals surface area (Å²) in [5.41, 5.74) is 2.37. The number of nitrogens with zero attached hydrogens (tertiary/aromatic N) is 2. The molecule has 0 spiro atoms. The summed E-state index contributed by atoms with van der Waals surface area (Å²) in [6, 6.07) is 7.35. The highest BCUT2D eigenvalue weighted by atomic mass is 19.1. The van der Waals surface area contributed by atoms with Gasteiger partial charge in [0.15, 0.2) is 0 Å². The molecule has 2 aromatic rings. The molecule has 1 N–H and O–H groups in total. The van der Waals surface area contributed by atoms with Crippen molar-refractivity contribution in [3.63, 3.8) is 0 Å². The second-order valence-electron chi connectivity index (χ2n) is 4.94. The normalized spacial score (nSPS) is 12.6. The third-order valence-corrected chi connectivity index (χ3v) is 3.48. The van der Waals surface area contributed by atoms with Crippen LogP contribution in [0.25, 0.3) is 0 Å². The second kappa shape index (κ2) is 6.66. The quantitative estimate of drug-likeness (QED) is 0.875. The van der Waals surface area contributed by atoms with E-state index in [1.165, 1.54) is 0 Å². The molecule has 2 rings (SSSR count). The Labute approximate surface area is 119 Å². The Morgan fingerprint density at radius 3 is 2.80 bits per heavy atom. The topological polar surface area (TPSA) is 29.9 Å². The van der Waals surface area contributed by atoms with Crippen LogP contribution in [-0.2, 0) is 6.54 Å². The van der Waals surface area contributed by atoms with Gasteiger partial charge in [-0.05, 0) is 38.4 Å². The molecule has 0 aliphatic rings. The average Bonchev–Trinajstić information content (AvgIpc) is 2.92. The van der Waals surface area contributed by atoms with E-state index in [0.717, 1.165) is 25.2 Å². The molecule has 108 valence electrons. The number of benzene rings is 1. The maximum Gasteiger partial charge on any atom is 0.131 e. The van der Waals surface area contributed by atoms with Gasteiger partial charge >= 0.3 is 0 Å². The summed E-state index contributed by atoms with van der Waals surface area (Å²) >= 11 is 0. The lowest BCUT2D eigenvalue weighted by Crippen LogP contribution is -2.26. The Balaban J connectivity index is 2.44. The van der Waals surface area contributed by atoms with Gasteiger partial charge in [0.25, 0.3) is 0 Å². The smallest absolute Gasteiger partial charge is 0.131 e. The molecule has 1 aromatic carbocycles. The minimum absolute atomic E-state index is 0.134. The average molecular weight is 275 g/mol. The van der Waals surface area contributed by atoms with Crippen LogP contribution in [0.15, 0.2) is 30.5 Å². The van der Waals surface area contributed by atoms with Gasteiger partial charge in [-0.1, -0.05) is 25.1 Å². The summed E-state index contributed by atoms with van der Waals surface area (Å²) in [5.74, 6) is -0.134.